The van der Waals surface area contributed by atoms with E-state index in [1.54, 1.807) is 36.4 Å². The lowest BCUT2D eigenvalue weighted by Gasteiger charge is -2.22. The molecular formula is C20H17FN2O3. The lowest BCUT2D eigenvalue weighted by atomic mass is 10.0. The van der Waals surface area contributed by atoms with Gasteiger partial charge in [-0.05, 0) is 37.1 Å². The standard InChI is InChI=1S/C20H17FN2O3/c21-15-8-4-9-16-18(15)14(12-22-16)19(24)17-10-5-11-23(17)26-20(25)13-6-2-1-3-7-13/h1-4,6-9,12,17,22H,5,10-11H2/t17-/m1/s1. The van der Waals surface area contributed by atoms with E-state index in [2.05, 4.69) is 4.98 Å². The van der Waals surface area contributed by atoms with Crippen LogP contribution in [0.2, 0.25) is 0 Å². The molecule has 0 amide bonds. The monoisotopic (exact) mass is 352 g/mol. The quantitative estimate of drug-likeness (QED) is 0.727. The zero-order chi connectivity index (χ0) is 18.1. The number of carbonyl (C=O) groups is 2. The van der Waals surface area contributed by atoms with E-state index in [0.29, 0.717) is 24.0 Å². The normalized spacial score (nSPS) is 17.5. The second-order valence-electron chi connectivity index (χ2n) is 6.27. The lowest BCUT2D eigenvalue weighted by molar-refractivity contribution is -0.109. The number of nitrogens with one attached hydrogen (secondary N) is 1. The molecule has 0 aliphatic carbocycles. The number of hydroxylamine groups is 2. The highest BCUT2D eigenvalue weighted by Gasteiger charge is 2.35. The van der Waals surface area contributed by atoms with Crippen LogP contribution in [0.3, 0.4) is 0 Å². The van der Waals surface area contributed by atoms with Gasteiger partial charge in [-0.25, -0.2) is 9.18 Å². The maximum absolute atomic E-state index is 14.2. The molecule has 0 unspecified atom stereocenters. The molecule has 26 heavy (non-hydrogen) atoms. The van der Waals surface area contributed by atoms with Crippen molar-refractivity contribution >= 4 is 22.7 Å². The minimum atomic E-state index is -0.610. The number of Topliss-reactive ketones (excluding diaryl/α,β-unsaturated/α-hetero) is 1. The van der Waals surface area contributed by atoms with Crippen molar-refractivity contribution in [1.29, 1.82) is 0 Å². The number of aromatic nitrogens is 1. The van der Waals surface area contributed by atoms with Crippen LogP contribution in [0.4, 0.5) is 4.39 Å². The van der Waals surface area contributed by atoms with Gasteiger partial charge in [0.05, 0.1) is 5.56 Å². The van der Waals surface area contributed by atoms with Crippen molar-refractivity contribution in [2.75, 3.05) is 6.54 Å². The summed E-state index contributed by atoms with van der Waals surface area (Å²) in [5.41, 5.74) is 1.27. The first-order valence-electron chi connectivity index (χ1n) is 8.49. The Balaban J connectivity index is 1.58. The number of carbonyl (C=O) groups excluding carboxylic acids is 2. The Bertz CT molecular complexity index is 968. The van der Waals surface area contributed by atoms with Crippen LogP contribution in [0.1, 0.15) is 33.6 Å². The van der Waals surface area contributed by atoms with Crippen molar-refractivity contribution in [3.63, 3.8) is 0 Å². The van der Waals surface area contributed by atoms with E-state index in [1.807, 2.05) is 6.07 Å². The Hall–Kier alpha value is -2.99. The molecule has 0 radical (unpaired) electrons. The summed E-state index contributed by atoms with van der Waals surface area (Å²) in [7, 11) is 0. The Kier molecular flexibility index (Phi) is 4.26. The van der Waals surface area contributed by atoms with Gasteiger partial charge in [0, 0.05) is 29.2 Å². The molecule has 1 fully saturated rings. The van der Waals surface area contributed by atoms with Gasteiger partial charge >= 0.3 is 5.97 Å². The Morgan fingerprint density at radius 1 is 1.12 bits per heavy atom. The number of rotatable bonds is 4. The molecule has 6 heteroatoms. The number of hydrogen-bond donors (Lipinski definition) is 1. The second-order valence-corrected chi connectivity index (χ2v) is 6.27. The first-order valence-corrected chi connectivity index (χ1v) is 8.49. The van der Waals surface area contributed by atoms with E-state index in [-0.39, 0.29) is 16.7 Å². The van der Waals surface area contributed by atoms with Crippen molar-refractivity contribution in [2.24, 2.45) is 0 Å². The Labute approximate surface area is 149 Å². The molecule has 1 atom stereocenters. The molecule has 1 aliphatic heterocycles. The summed E-state index contributed by atoms with van der Waals surface area (Å²) in [6.45, 7) is 0.472. The molecule has 0 spiro atoms. The minimum absolute atomic E-state index is 0.250. The van der Waals surface area contributed by atoms with Gasteiger partial charge in [-0.2, -0.15) is 0 Å². The fourth-order valence-electron chi connectivity index (χ4n) is 3.36. The van der Waals surface area contributed by atoms with Crippen molar-refractivity contribution in [1.82, 2.24) is 10.0 Å². The van der Waals surface area contributed by atoms with Gasteiger partial charge in [-0.1, -0.05) is 24.3 Å². The summed E-state index contributed by atoms with van der Waals surface area (Å²) in [5, 5.41) is 1.69. The number of H-pyrrole nitrogens is 1. The number of ketones is 1. The van der Waals surface area contributed by atoms with Crippen LogP contribution in [0.15, 0.2) is 54.7 Å². The first kappa shape index (κ1) is 16.5. The number of fused-ring (bicyclic) bond motifs is 1. The highest BCUT2D eigenvalue weighted by Crippen LogP contribution is 2.27. The zero-order valence-electron chi connectivity index (χ0n) is 13.9. The van der Waals surface area contributed by atoms with E-state index < -0.39 is 17.8 Å². The van der Waals surface area contributed by atoms with Gasteiger partial charge in [0.2, 0.25) is 0 Å². The minimum Gasteiger partial charge on any atom is -0.363 e. The van der Waals surface area contributed by atoms with Crippen LogP contribution in [0, 0.1) is 5.82 Å². The molecule has 1 aromatic heterocycles. The third-order valence-corrected chi connectivity index (χ3v) is 4.64. The van der Waals surface area contributed by atoms with Crippen LogP contribution in [-0.2, 0) is 4.84 Å². The largest absolute Gasteiger partial charge is 0.363 e. The fourth-order valence-corrected chi connectivity index (χ4v) is 3.36. The van der Waals surface area contributed by atoms with Gasteiger partial charge in [-0.15, -0.1) is 5.06 Å². The molecule has 1 aliphatic rings. The topological polar surface area (TPSA) is 62.4 Å². The van der Waals surface area contributed by atoms with Crippen LogP contribution < -0.4 is 0 Å². The molecule has 5 nitrogen and oxygen atoms in total. The summed E-state index contributed by atoms with van der Waals surface area (Å²) in [6, 6.07) is 12.6. The zero-order valence-corrected chi connectivity index (χ0v) is 13.9. The Morgan fingerprint density at radius 3 is 2.73 bits per heavy atom. The van der Waals surface area contributed by atoms with Crippen molar-refractivity contribution in [2.45, 2.75) is 18.9 Å². The average Bonchev–Trinajstić information content (AvgIpc) is 3.29. The van der Waals surface area contributed by atoms with E-state index in [4.69, 9.17) is 4.84 Å². The van der Waals surface area contributed by atoms with Crippen LogP contribution in [0.5, 0.6) is 0 Å². The molecule has 1 N–H and O–H groups in total. The average molecular weight is 352 g/mol. The molecule has 0 saturated carbocycles. The molecule has 2 aromatic carbocycles. The Morgan fingerprint density at radius 2 is 1.92 bits per heavy atom. The third kappa shape index (κ3) is 2.88. The van der Waals surface area contributed by atoms with Crippen LogP contribution in [0.25, 0.3) is 10.9 Å². The lowest BCUT2D eigenvalue weighted by Crippen LogP contribution is -2.37. The number of hydrogen-bond acceptors (Lipinski definition) is 4. The maximum Gasteiger partial charge on any atom is 0.357 e. The predicted molar refractivity (Wildman–Crippen MR) is 94.2 cm³/mol. The molecule has 0 bridgehead atoms. The van der Waals surface area contributed by atoms with E-state index in [0.717, 1.165) is 6.42 Å². The van der Waals surface area contributed by atoms with Gasteiger partial charge in [0.25, 0.3) is 0 Å². The summed E-state index contributed by atoms with van der Waals surface area (Å²) in [6.07, 6.45) is 2.80. The fraction of sp³-hybridized carbons (Fsp3) is 0.200. The maximum atomic E-state index is 14.2. The smallest absolute Gasteiger partial charge is 0.357 e. The number of nitrogens with zero attached hydrogens (tertiary/aromatic N) is 1. The van der Waals surface area contributed by atoms with E-state index >= 15 is 0 Å². The van der Waals surface area contributed by atoms with Gasteiger partial charge in [-0.3, -0.25) is 4.79 Å². The highest BCUT2D eigenvalue weighted by atomic mass is 19.1. The second kappa shape index (κ2) is 6.72. The van der Waals surface area contributed by atoms with Crippen molar-refractivity contribution in [3.8, 4) is 0 Å². The number of aromatic amines is 1. The molecule has 4 rings (SSSR count). The molecule has 1 saturated heterocycles. The predicted octanol–water partition coefficient (Wildman–Crippen LogP) is 3.73. The summed E-state index contributed by atoms with van der Waals surface area (Å²) in [5.74, 6) is -1.20. The van der Waals surface area contributed by atoms with E-state index in [1.165, 1.54) is 17.3 Å². The summed E-state index contributed by atoms with van der Waals surface area (Å²) >= 11 is 0. The molecule has 132 valence electrons. The van der Waals surface area contributed by atoms with Gasteiger partial charge in [0.15, 0.2) is 5.78 Å². The van der Waals surface area contributed by atoms with Gasteiger partial charge < -0.3 is 9.82 Å². The SMILES string of the molecule is O=C(ON1CCC[C@@H]1C(=O)c1c[nH]c2cccc(F)c12)c1ccccc1. The number of benzene rings is 2. The van der Waals surface area contributed by atoms with Crippen molar-refractivity contribution in [3.05, 3.63) is 71.7 Å². The summed E-state index contributed by atoms with van der Waals surface area (Å²) in [4.78, 5) is 33.6. The van der Waals surface area contributed by atoms with Crippen LogP contribution in [-0.4, -0.2) is 34.4 Å². The number of halogens is 1. The van der Waals surface area contributed by atoms with Gasteiger partial charge in [0.1, 0.15) is 11.9 Å². The van der Waals surface area contributed by atoms with Crippen molar-refractivity contribution < 1.29 is 18.8 Å². The molecule has 3 aromatic rings. The molecular weight excluding hydrogens is 335 g/mol. The van der Waals surface area contributed by atoms with Crippen LogP contribution >= 0.6 is 0 Å². The first-order chi connectivity index (χ1) is 12.6. The highest BCUT2D eigenvalue weighted by molar-refractivity contribution is 6.10. The van der Waals surface area contributed by atoms with E-state index in [9.17, 15) is 14.0 Å². The summed E-state index contributed by atoms with van der Waals surface area (Å²) < 4.78 is 14.2. The molecule has 2 heterocycles. The third-order valence-electron chi connectivity index (χ3n) is 4.64.